The Balaban J connectivity index is 1.99. The van der Waals surface area contributed by atoms with Crippen LogP contribution in [0.3, 0.4) is 0 Å². The third-order valence-corrected chi connectivity index (χ3v) is 3.71. The van der Waals surface area contributed by atoms with Crippen molar-refractivity contribution < 1.29 is 0 Å². The predicted molar refractivity (Wildman–Crippen MR) is 87.5 cm³/mol. The summed E-state index contributed by atoms with van der Waals surface area (Å²) in [6.07, 6.45) is 2.66. The summed E-state index contributed by atoms with van der Waals surface area (Å²) < 4.78 is 0. The Hall–Kier alpha value is -2.42. The van der Waals surface area contributed by atoms with Crippen molar-refractivity contribution in [2.45, 2.75) is 19.9 Å². The smallest absolute Gasteiger partial charge is 0.139 e. The van der Waals surface area contributed by atoms with Gasteiger partial charge in [-0.25, -0.2) is 9.97 Å². The lowest BCUT2D eigenvalue weighted by Crippen LogP contribution is -2.18. The molecule has 0 aliphatic carbocycles. The van der Waals surface area contributed by atoms with E-state index < -0.39 is 0 Å². The van der Waals surface area contributed by atoms with E-state index in [9.17, 15) is 0 Å². The Morgan fingerprint density at radius 1 is 0.952 bits per heavy atom. The van der Waals surface area contributed by atoms with E-state index in [1.54, 1.807) is 6.33 Å². The second-order valence-electron chi connectivity index (χ2n) is 5.24. The maximum absolute atomic E-state index is 4.49. The van der Waals surface area contributed by atoms with E-state index in [-0.39, 0.29) is 0 Å². The van der Waals surface area contributed by atoms with E-state index in [2.05, 4.69) is 71.3 Å². The predicted octanol–water partition coefficient (Wildman–Crippen LogP) is 3.83. The van der Waals surface area contributed by atoms with E-state index in [0.29, 0.717) is 0 Å². The maximum Gasteiger partial charge on any atom is 0.139 e. The number of aromatic nitrogens is 2. The third kappa shape index (κ3) is 2.87. The van der Waals surface area contributed by atoms with Crippen molar-refractivity contribution in [3.63, 3.8) is 0 Å². The lowest BCUT2D eigenvalue weighted by Gasteiger charge is -2.20. The standard InChI is InChI=1S/C18H19N3/c1-3-14-9-10-17-16(11-14)18(20-13-19-17)21(2)12-15-7-5-4-6-8-15/h4-11,13H,3,12H2,1-2H3. The van der Waals surface area contributed by atoms with Gasteiger partial charge in [-0.1, -0.05) is 43.3 Å². The minimum Gasteiger partial charge on any atom is -0.355 e. The van der Waals surface area contributed by atoms with Gasteiger partial charge >= 0.3 is 0 Å². The molecule has 0 aliphatic rings. The SMILES string of the molecule is CCc1ccc2ncnc(N(C)Cc3ccccc3)c2c1. The zero-order valence-corrected chi connectivity index (χ0v) is 12.5. The van der Waals surface area contributed by atoms with Crippen molar-refractivity contribution in [1.29, 1.82) is 0 Å². The summed E-state index contributed by atoms with van der Waals surface area (Å²) in [6.45, 7) is 3.00. The first-order chi connectivity index (χ1) is 10.3. The van der Waals surface area contributed by atoms with Gasteiger partial charge in [0.15, 0.2) is 0 Å². The van der Waals surface area contributed by atoms with Crippen LogP contribution in [0.25, 0.3) is 10.9 Å². The molecular formula is C18H19N3. The lowest BCUT2D eigenvalue weighted by atomic mass is 10.1. The molecule has 3 heteroatoms. The first kappa shape index (κ1) is 13.6. The topological polar surface area (TPSA) is 29.0 Å². The van der Waals surface area contributed by atoms with Crippen molar-refractivity contribution in [2.75, 3.05) is 11.9 Å². The molecule has 0 aliphatic heterocycles. The molecule has 0 radical (unpaired) electrons. The Morgan fingerprint density at radius 3 is 2.52 bits per heavy atom. The van der Waals surface area contributed by atoms with Gasteiger partial charge in [0.05, 0.1) is 5.52 Å². The Bertz CT molecular complexity index is 738. The number of hydrogen-bond donors (Lipinski definition) is 0. The molecule has 0 fully saturated rings. The molecule has 1 heterocycles. The fraction of sp³-hybridized carbons (Fsp3) is 0.222. The highest BCUT2D eigenvalue weighted by molar-refractivity contribution is 5.89. The highest BCUT2D eigenvalue weighted by Crippen LogP contribution is 2.24. The van der Waals surface area contributed by atoms with E-state index >= 15 is 0 Å². The van der Waals surface area contributed by atoms with Gasteiger partial charge in [0.1, 0.15) is 12.1 Å². The van der Waals surface area contributed by atoms with Gasteiger partial charge in [0.2, 0.25) is 0 Å². The first-order valence-electron chi connectivity index (χ1n) is 7.26. The average molecular weight is 277 g/mol. The second kappa shape index (κ2) is 5.92. The fourth-order valence-electron chi connectivity index (χ4n) is 2.55. The van der Waals surface area contributed by atoms with Gasteiger partial charge in [0.25, 0.3) is 0 Å². The zero-order chi connectivity index (χ0) is 14.7. The maximum atomic E-state index is 4.49. The molecule has 1 aromatic heterocycles. The highest BCUT2D eigenvalue weighted by atomic mass is 15.2. The van der Waals surface area contributed by atoms with Gasteiger partial charge in [-0.3, -0.25) is 0 Å². The van der Waals surface area contributed by atoms with E-state index in [1.807, 2.05) is 6.07 Å². The van der Waals surface area contributed by atoms with Gasteiger partial charge < -0.3 is 4.90 Å². The first-order valence-corrected chi connectivity index (χ1v) is 7.26. The normalized spacial score (nSPS) is 10.8. The van der Waals surface area contributed by atoms with Crippen molar-refractivity contribution in [3.8, 4) is 0 Å². The monoisotopic (exact) mass is 277 g/mol. The number of aryl methyl sites for hydroxylation is 1. The minimum absolute atomic E-state index is 0.837. The van der Waals surface area contributed by atoms with Crippen molar-refractivity contribution >= 4 is 16.7 Å². The van der Waals surface area contributed by atoms with Crippen LogP contribution in [0, 0.1) is 0 Å². The Labute approximate surface area is 125 Å². The van der Waals surface area contributed by atoms with E-state index in [4.69, 9.17) is 0 Å². The highest BCUT2D eigenvalue weighted by Gasteiger charge is 2.09. The summed E-state index contributed by atoms with van der Waals surface area (Å²) in [7, 11) is 2.08. The number of anilines is 1. The largest absolute Gasteiger partial charge is 0.355 e. The molecule has 2 aromatic carbocycles. The number of hydrogen-bond acceptors (Lipinski definition) is 3. The van der Waals surface area contributed by atoms with Crippen LogP contribution in [0.2, 0.25) is 0 Å². The summed E-state index contributed by atoms with van der Waals surface area (Å²) in [5.74, 6) is 0.985. The average Bonchev–Trinajstić information content (AvgIpc) is 2.54. The molecule has 106 valence electrons. The van der Waals surface area contributed by atoms with Crippen LogP contribution in [-0.2, 0) is 13.0 Å². The number of rotatable bonds is 4. The quantitative estimate of drug-likeness (QED) is 0.725. The Kier molecular flexibility index (Phi) is 3.82. The lowest BCUT2D eigenvalue weighted by molar-refractivity contribution is 0.900. The molecule has 3 aromatic rings. The van der Waals surface area contributed by atoms with Crippen LogP contribution in [-0.4, -0.2) is 17.0 Å². The molecule has 0 bridgehead atoms. The molecule has 0 N–H and O–H groups in total. The number of nitrogens with zero attached hydrogens (tertiary/aromatic N) is 3. The number of fused-ring (bicyclic) bond motifs is 1. The molecule has 21 heavy (non-hydrogen) atoms. The van der Waals surface area contributed by atoms with Crippen molar-refractivity contribution in [3.05, 3.63) is 66.0 Å². The third-order valence-electron chi connectivity index (χ3n) is 3.71. The van der Waals surface area contributed by atoms with Gasteiger partial charge in [0, 0.05) is 19.0 Å². The van der Waals surface area contributed by atoms with Crippen LogP contribution in [0.4, 0.5) is 5.82 Å². The van der Waals surface area contributed by atoms with Gasteiger partial charge in [-0.2, -0.15) is 0 Å². The molecule has 0 unspecified atom stereocenters. The number of benzene rings is 2. The van der Waals surface area contributed by atoms with Crippen LogP contribution in [0.5, 0.6) is 0 Å². The van der Waals surface area contributed by atoms with Crippen LogP contribution < -0.4 is 4.90 Å². The molecule has 0 amide bonds. The molecule has 0 atom stereocenters. The van der Waals surface area contributed by atoms with Gasteiger partial charge in [-0.05, 0) is 29.7 Å². The van der Waals surface area contributed by atoms with E-state index in [0.717, 1.165) is 29.7 Å². The Morgan fingerprint density at radius 2 is 1.76 bits per heavy atom. The minimum atomic E-state index is 0.837. The van der Waals surface area contributed by atoms with Crippen molar-refractivity contribution in [2.24, 2.45) is 0 Å². The summed E-state index contributed by atoms with van der Waals surface area (Å²) in [5, 5.41) is 1.12. The zero-order valence-electron chi connectivity index (χ0n) is 12.5. The summed E-state index contributed by atoms with van der Waals surface area (Å²) in [5.41, 5.74) is 3.59. The molecule has 3 nitrogen and oxygen atoms in total. The summed E-state index contributed by atoms with van der Waals surface area (Å²) in [4.78, 5) is 11.0. The van der Waals surface area contributed by atoms with Crippen LogP contribution >= 0.6 is 0 Å². The van der Waals surface area contributed by atoms with Crippen LogP contribution in [0.1, 0.15) is 18.1 Å². The molecule has 0 spiro atoms. The second-order valence-corrected chi connectivity index (χ2v) is 5.24. The molecule has 0 saturated heterocycles. The van der Waals surface area contributed by atoms with Gasteiger partial charge in [-0.15, -0.1) is 0 Å². The molecule has 0 saturated carbocycles. The summed E-state index contributed by atoms with van der Waals surface area (Å²) in [6, 6.07) is 16.9. The summed E-state index contributed by atoms with van der Waals surface area (Å²) >= 11 is 0. The van der Waals surface area contributed by atoms with E-state index in [1.165, 1.54) is 11.1 Å². The molecular weight excluding hydrogens is 258 g/mol. The fourth-order valence-corrected chi connectivity index (χ4v) is 2.55. The molecule has 3 rings (SSSR count). The van der Waals surface area contributed by atoms with Crippen molar-refractivity contribution in [1.82, 2.24) is 9.97 Å². The van der Waals surface area contributed by atoms with Crippen LogP contribution in [0.15, 0.2) is 54.9 Å².